The molecule has 0 spiro atoms. The van der Waals surface area contributed by atoms with Crippen molar-refractivity contribution in [3.8, 4) is 0 Å². The second-order valence-electron chi connectivity index (χ2n) is 4.01. The van der Waals surface area contributed by atoms with Crippen molar-refractivity contribution in [2.45, 2.75) is 4.90 Å². The van der Waals surface area contributed by atoms with Crippen molar-refractivity contribution in [2.75, 3.05) is 0 Å². The molecule has 4 nitrogen and oxygen atoms in total. The van der Waals surface area contributed by atoms with Gasteiger partial charge in [-0.3, -0.25) is 4.79 Å². The maximum Gasteiger partial charge on any atom is 0.266 e. The molecule has 0 saturated carbocycles. The topological polar surface area (TPSA) is 63.2 Å². The first-order valence-corrected chi connectivity index (χ1v) is 8.60. The van der Waals surface area contributed by atoms with Crippen LogP contribution in [0.2, 0.25) is 10.0 Å². The third-order valence-electron chi connectivity index (χ3n) is 2.53. The van der Waals surface area contributed by atoms with Gasteiger partial charge in [0.05, 0.1) is 15.5 Å². The van der Waals surface area contributed by atoms with E-state index in [0.717, 1.165) is 0 Å². The van der Waals surface area contributed by atoms with E-state index in [-0.39, 0.29) is 45.0 Å². The van der Waals surface area contributed by atoms with Crippen molar-refractivity contribution in [3.63, 3.8) is 0 Å². The van der Waals surface area contributed by atoms with Gasteiger partial charge >= 0.3 is 0 Å². The predicted molar refractivity (Wildman–Crippen MR) is 91.0 cm³/mol. The van der Waals surface area contributed by atoms with Crippen molar-refractivity contribution in [1.29, 1.82) is 0 Å². The number of carbonyl (C=O) groups excluding carboxylic acids is 1. The summed E-state index contributed by atoms with van der Waals surface area (Å²) in [7, 11) is -3.98. The summed E-state index contributed by atoms with van der Waals surface area (Å²) < 4.78 is 26.8. The minimum Gasteiger partial charge on any atom is -0.268 e. The molecule has 0 aliphatic heterocycles. The van der Waals surface area contributed by atoms with Crippen molar-refractivity contribution >= 4 is 84.6 Å². The summed E-state index contributed by atoms with van der Waals surface area (Å²) in [6.45, 7) is 0. The van der Waals surface area contributed by atoms with E-state index in [9.17, 15) is 13.2 Å². The Kier molecular flexibility index (Phi) is 7.39. The Bertz CT molecular complexity index is 797. The van der Waals surface area contributed by atoms with Crippen molar-refractivity contribution < 1.29 is 13.2 Å². The summed E-state index contributed by atoms with van der Waals surface area (Å²) in [5.41, 5.74) is 0.0670. The summed E-state index contributed by atoms with van der Waals surface area (Å²) in [6, 6.07) is 9.99. The number of halogens is 3. The molecule has 0 aromatic heterocycles. The average Bonchev–Trinajstić information content (AvgIpc) is 2.38. The maximum absolute atomic E-state index is 12.1. The van der Waals surface area contributed by atoms with Crippen molar-refractivity contribution in [3.05, 3.63) is 62.5 Å². The number of amides is 1. The van der Waals surface area contributed by atoms with Gasteiger partial charge in [-0.25, -0.2) is 13.1 Å². The fourth-order valence-electron chi connectivity index (χ4n) is 1.52. The van der Waals surface area contributed by atoms with Crippen LogP contribution in [0.3, 0.4) is 0 Å². The SMILES string of the molecule is O=C(NS(=O)(=O)c1ccc(Cl)cc1)c1ccc(Br)cc1Cl.[Na]. The molecule has 0 heterocycles. The summed E-state index contributed by atoms with van der Waals surface area (Å²) in [5.74, 6) is -0.803. The first-order valence-electron chi connectivity index (χ1n) is 5.57. The zero-order valence-corrected chi connectivity index (χ0v) is 17.2. The number of nitrogens with one attached hydrogen (secondary N) is 1. The summed E-state index contributed by atoms with van der Waals surface area (Å²) in [4.78, 5) is 12.0. The predicted octanol–water partition coefficient (Wildman–Crippen LogP) is 3.49. The fourth-order valence-corrected chi connectivity index (χ4v) is 3.37. The zero-order chi connectivity index (χ0) is 15.6. The van der Waals surface area contributed by atoms with Crippen LogP contribution in [0.25, 0.3) is 0 Å². The van der Waals surface area contributed by atoms with Crippen LogP contribution >= 0.6 is 39.1 Å². The summed E-state index contributed by atoms with van der Waals surface area (Å²) >= 11 is 14.8. The molecule has 0 fully saturated rings. The Morgan fingerprint density at radius 1 is 1.05 bits per heavy atom. The number of hydrogen-bond donors (Lipinski definition) is 1. The van der Waals surface area contributed by atoms with Crippen LogP contribution in [0.1, 0.15) is 10.4 Å². The Balaban J connectivity index is 0.00000242. The van der Waals surface area contributed by atoms with Gasteiger partial charge < -0.3 is 0 Å². The fraction of sp³-hybridized carbons (Fsp3) is 0. The smallest absolute Gasteiger partial charge is 0.266 e. The van der Waals surface area contributed by atoms with Crippen LogP contribution in [0.4, 0.5) is 0 Å². The molecule has 0 saturated heterocycles. The van der Waals surface area contributed by atoms with Crippen LogP contribution in [-0.2, 0) is 10.0 Å². The monoisotopic (exact) mass is 430 g/mol. The van der Waals surface area contributed by atoms with Gasteiger partial charge in [0.25, 0.3) is 15.9 Å². The van der Waals surface area contributed by atoms with E-state index in [1.54, 1.807) is 6.07 Å². The first-order chi connectivity index (χ1) is 9.79. The molecular formula is C13H8BrCl2NNaO3S. The van der Waals surface area contributed by atoms with E-state index in [1.807, 2.05) is 4.72 Å². The van der Waals surface area contributed by atoms with Crippen LogP contribution in [-0.4, -0.2) is 43.9 Å². The van der Waals surface area contributed by atoms with E-state index in [4.69, 9.17) is 23.2 Å². The first kappa shape index (κ1) is 20.0. The largest absolute Gasteiger partial charge is 0.268 e. The number of hydrogen-bond acceptors (Lipinski definition) is 3. The number of carbonyl (C=O) groups is 1. The molecule has 2 rings (SSSR count). The van der Waals surface area contributed by atoms with E-state index in [2.05, 4.69) is 15.9 Å². The van der Waals surface area contributed by atoms with E-state index < -0.39 is 15.9 Å². The third-order valence-corrected chi connectivity index (χ3v) is 4.93. The molecule has 0 bridgehead atoms. The molecule has 22 heavy (non-hydrogen) atoms. The molecule has 111 valence electrons. The minimum atomic E-state index is -3.98. The normalized spacial score (nSPS) is 10.7. The Hall–Kier alpha value is -0.0800. The van der Waals surface area contributed by atoms with Gasteiger partial charge in [-0.05, 0) is 42.5 Å². The molecule has 0 unspecified atom stereocenters. The van der Waals surface area contributed by atoms with E-state index >= 15 is 0 Å². The molecule has 2 aromatic rings. The Morgan fingerprint density at radius 3 is 2.18 bits per heavy atom. The zero-order valence-electron chi connectivity index (χ0n) is 11.3. The second-order valence-corrected chi connectivity index (χ2v) is 7.45. The van der Waals surface area contributed by atoms with Gasteiger partial charge in [-0.15, -0.1) is 0 Å². The molecule has 1 radical (unpaired) electrons. The maximum atomic E-state index is 12.1. The van der Waals surface area contributed by atoms with Gasteiger partial charge in [0.15, 0.2) is 0 Å². The summed E-state index contributed by atoms with van der Waals surface area (Å²) in [6.07, 6.45) is 0. The molecule has 0 atom stereocenters. The summed E-state index contributed by atoms with van der Waals surface area (Å²) in [5, 5.41) is 0.546. The van der Waals surface area contributed by atoms with Gasteiger partial charge in [-0.2, -0.15) is 0 Å². The van der Waals surface area contributed by atoms with Gasteiger partial charge in [0.1, 0.15) is 0 Å². The van der Waals surface area contributed by atoms with Crippen LogP contribution < -0.4 is 4.72 Å². The molecular weight excluding hydrogens is 424 g/mol. The van der Waals surface area contributed by atoms with Crippen LogP contribution in [0, 0.1) is 0 Å². The molecule has 2 aromatic carbocycles. The molecule has 0 aliphatic carbocycles. The standard InChI is InChI=1S/C13H8BrCl2NO3S.Na/c14-8-1-6-11(12(16)7-8)13(18)17-21(19,20)10-4-2-9(15)3-5-10;/h1-7H,(H,17,18);. The Labute approximate surface area is 168 Å². The minimum absolute atomic E-state index is 0. The van der Waals surface area contributed by atoms with E-state index in [0.29, 0.717) is 9.50 Å². The van der Waals surface area contributed by atoms with Crippen molar-refractivity contribution in [1.82, 2.24) is 4.72 Å². The van der Waals surface area contributed by atoms with Gasteiger partial charge in [0, 0.05) is 39.1 Å². The van der Waals surface area contributed by atoms with Gasteiger partial charge in [-0.1, -0.05) is 39.1 Å². The Morgan fingerprint density at radius 2 is 1.64 bits per heavy atom. The van der Waals surface area contributed by atoms with Gasteiger partial charge in [0.2, 0.25) is 0 Å². The number of rotatable bonds is 3. The van der Waals surface area contributed by atoms with E-state index in [1.165, 1.54) is 36.4 Å². The average molecular weight is 432 g/mol. The third kappa shape index (κ3) is 4.96. The van der Waals surface area contributed by atoms with Crippen molar-refractivity contribution in [2.24, 2.45) is 0 Å². The number of sulfonamides is 1. The molecule has 1 N–H and O–H groups in total. The molecule has 1 amide bonds. The second kappa shape index (κ2) is 8.15. The quantitative estimate of drug-likeness (QED) is 0.756. The van der Waals surface area contributed by atoms with Crippen LogP contribution in [0.15, 0.2) is 51.8 Å². The number of benzene rings is 2. The van der Waals surface area contributed by atoms with Crippen LogP contribution in [0.5, 0.6) is 0 Å². The molecule has 9 heteroatoms. The molecule has 0 aliphatic rings.